The van der Waals surface area contributed by atoms with Crippen LogP contribution >= 0.6 is 11.6 Å². The Morgan fingerprint density at radius 2 is 2.05 bits per heavy atom. The lowest BCUT2D eigenvalue weighted by molar-refractivity contribution is -0.384. The molecule has 0 saturated heterocycles. The van der Waals surface area contributed by atoms with Gasteiger partial charge in [0.05, 0.1) is 15.6 Å². The molecule has 20 heavy (non-hydrogen) atoms. The number of anilines is 1. The number of aromatic nitrogens is 1. The number of hydrogen-bond acceptors (Lipinski definition) is 5. The molecular formula is C11H8ClN3O4S. The molecule has 0 fully saturated rings. The average Bonchev–Trinajstić information content (AvgIpc) is 2.38. The Balaban J connectivity index is 2.36. The molecule has 9 heteroatoms. The maximum atomic E-state index is 12.1. The highest BCUT2D eigenvalue weighted by atomic mass is 35.5. The van der Waals surface area contributed by atoms with Gasteiger partial charge < -0.3 is 0 Å². The molecule has 0 aliphatic carbocycles. The van der Waals surface area contributed by atoms with Crippen LogP contribution in [-0.2, 0) is 10.0 Å². The van der Waals surface area contributed by atoms with Crippen LogP contribution in [0.4, 0.5) is 11.4 Å². The molecule has 104 valence electrons. The topological polar surface area (TPSA) is 102 Å². The van der Waals surface area contributed by atoms with Crippen LogP contribution in [0.5, 0.6) is 0 Å². The van der Waals surface area contributed by atoms with E-state index in [0.29, 0.717) is 0 Å². The van der Waals surface area contributed by atoms with Crippen molar-refractivity contribution in [2.75, 3.05) is 4.72 Å². The van der Waals surface area contributed by atoms with Gasteiger partial charge in [0.1, 0.15) is 4.90 Å². The Morgan fingerprint density at radius 1 is 1.30 bits per heavy atom. The highest BCUT2D eigenvalue weighted by Gasteiger charge is 2.19. The Morgan fingerprint density at radius 3 is 2.70 bits per heavy atom. The highest BCUT2D eigenvalue weighted by Crippen LogP contribution is 2.24. The molecule has 0 atom stereocenters. The molecule has 0 unspecified atom stereocenters. The Hall–Kier alpha value is -2.19. The van der Waals surface area contributed by atoms with E-state index in [1.54, 1.807) is 0 Å². The summed E-state index contributed by atoms with van der Waals surface area (Å²) in [6.45, 7) is 0. The molecule has 1 aromatic heterocycles. The number of halogens is 1. The molecule has 0 saturated carbocycles. The van der Waals surface area contributed by atoms with E-state index in [9.17, 15) is 18.5 Å². The molecule has 0 radical (unpaired) electrons. The molecule has 1 aromatic carbocycles. The molecule has 7 nitrogen and oxygen atoms in total. The standard InChI is InChI=1S/C11H8ClN3O4S/c12-10-4-5-13-7-11(10)20(18,19)14-8-2-1-3-9(6-8)15(16)17/h1-7,14H. The lowest BCUT2D eigenvalue weighted by Crippen LogP contribution is -2.13. The summed E-state index contributed by atoms with van der Waals surface area (Å²) in [7, 11) is -3.95. The van der Waals surface area contributed by atoms with Crippen LogP contribution < -0.4 is 4.72 Å². The zero-order valence-electron chi connectivity index (χ0n) is 9.86. The van der Waals surface area contributed by atoms with Crippen LogP contribution in [0.1, 0.15) is 0 Å². The molecule has 2 rings (SSSR count). The van der Waals surface area contributed by atoms with E-state index in [0.717, 1.165) is 12.3 Å². The smallest absolute Gasteiger partial charge is 0.271 e. The first-order valence-corrected chi connectivity index (χ1v) is 7.13. The normalized spacial score (nSPS) is 11.1. The van der Waals surface area contributed by atoms with Crippen LogP contribution in [0, 0.1) is 10.1 Å². The quantitative estimate of drug-likeness (QED) is 0.690. The van der Waals surface area contributed by atoms with Crippen molar-refractivity contribution in [3.63, 3.8) is 0 Å². The van der Waals surface area contributed by atoms with E-state index in [1.807, 2.05) is 0 Å². The summed E-state index contributed by atoms with van der Waals surface area (Å²) in [5.41, 5.74) is -0.151. The van der Waals surface area contributed by atoms with E-state index in [1.165, 1.54) is 30.5 Å². The molecule has 0 bridgehead atoms. The molecule has 0 aliphatic heterocycles. The minimum absolute atomic E-state index is 0.0120. The van der Waals surface area contributed by atoms with E-state index < -0.39 is 14.9 Å². The molecule has 0 spiro atoms. The average molecular weight is 314 g/mol. The van der Waals surface area contributed by atoms with Gasteiger partial charge in [-0.25, -0.2) is 8.42 Å². The third-order valence-corrected chi connectivity index (χ3v) is 4.18. The van der Waals surface area contributed by atoms with Crippen molar-refractivity contribution >= 4 is 33.0 Å². The lowest BCUT2D eigenvalue weighted by atomic mass is 10.3. The number of hydrogen-bond donors (Lipinski definition) is 1. The number of non-ortho nitro benzene ring substituents is 1. The first-order valence-electron chi connectivity index (χ1n) is 5.27. The van der Waals surface area contributed by atoms with E-state index >= 15 is 0 Å². The van der Waals surface area contributed by atoms with Crippen molar-refractivity contribution in [3.05, 3.63) is 57.9 Å². The molecular weight excluding hydrogens is 306 g/mol. The molecule has 0 aliphatic rings. The zero-order valence-corrected chi connectivity index (χ0v) is 11.4. The second-order valence-corrected chi connectivity index (χ2v) is 5.78. The van der Waals surface area contributed by atoms with Crippen molar-refractivity contribution < 1.29 is 13.3 Å². The largest absolute Gasteiger partial charge is 0.279 e. The summed E-state index contributed by atoms with van der Waals surface area (Å²) in [4.78, 5) is 13.5. The Kier molecular flexibility index (Phi) is 3.86. The number of sulfonamides is 1. The lowest BCUT2D eigenvalue weighted by Gasteiger charge is -2.08. The van der Waals surface area contributed by atoms with E-state index in [4.69, 9.17) is 11.6 Å². The number of rotatable bonds is 4. The van der Waals surface area contributed by atoms with Gasteiger partial charge in [-0.15, -0.1) is 0 Å². The van der Waals surface area contributed by atoms with Gasteiger partial charge in [0.15, 0.2) is 0 Å². The Bertz CT molecular complexity index is 764. The van der Waals surface area contributed by atoms with Gasteiger partial charge in [0, 0.05) is 24.5 Å². The van der Waals surface area contributed by atoms with Crippen molar-refractivity contribution in [1.82, 2.24) is 4.98 Å². The summed E-state index contributed by atoms with van der Waals surface area (Å²) in [6, 6.07) is 6.48. The summed E-state index contributed by atoms with van der Waals surface area (Å²) in [6.07, 6.45) is 2.46. The number of nitrogens with zero attached hydrogens (tertiary/aromatic N) is 2. The fourth-order valence-corrected chi connectivity index (χ4v) is 2.94. The predicted molar refractivity (Wildman–Crippen MR) is 73.2 cm³/mol. The first kappa shape index (κ1) is 14.2. The van der Waals surface area contributed by atoms with Crippen LogP contribution in [0.15, 0.2) is 47.6 Å². The summed E-state index contributed by atoms with van der Waals surface area (Å²) in [5.74, 6) is 0. The first-order chi connectivity index (χ1) is 9.40. The second kappa shape index (κ2) is 5.43. The third kappa shape index (κ3) is 3.03. The number of pyridine rings is 1. The van der Waals surface area contributed by atoms with Gasteiger partial charge in [0.25, 0.3) is 15.7 Å². The number of nitro benzene ring substituents is 1. The van der Waals surface area contributed by atoms with Crippen LogP contribution in [0.25, 0.3) is 0 Å². The summed E-state index contributed by atoms with van der Waals surface area (Å²) >= 11 is 5.79. The van der Waals surface area contributed by atoms with E-state index in [-0.39, 0.29) is 21.3 Å². The summed E-state index contributed by atoms with van der Waals surface area (Å²) < 4.78 is 26.4. The fourth-order valence-electron chi connectivity index (χ4n) is 1.45. The maximum absolute atomic E-state index is 12.1. The summed E-state index contributed by atoms with van der Waals surface area (Å²) in [5, 5.41) is 10.7. The van der Waals surface area contributed by atoms with Crippen molar-refractivity contribution in [2.24, 2.45) is 0 Å². The fraction of sp³-hybridized carbons (Fsp3) is 0. The molecule has 2 aromatic rings. The molecule has 0 amide bonds. The number of nitro groups is 1. The van der Waals surface area contributed by atoms with Gasteiger partial charge in [-0.2, -0.15) is 0 Å². The molecule has 1 N–H and O–H groups in total. The minimum atomic E-state index is -3.95. The van der Waals surface area contributed by atoms with Crippen LogP contribution in [0.3, 0.4) is 0 Å². The van der Waals surface area contributed by atoms with Gasteiger partial charge in [-0.1, -0.05) is 17.7 Å². The van der Waals surface area contributed by atoms with Crippen LogP contribution in [-0.4, -0.2) is 18.3 Å². The van der Waals surface area contributed by atoms with Gasteiger partial charge in [0.2, 0.25) is 0 Å². The van der Waals surface area contributed by atoms with Crippen molar-refractivity contribution in [1.29, 1.82) is 0 Å². The molecule has 1 heterocycles. The SMILES string of the molecule is O=[N+]([O-])c1cccc(NS(=O)(=O)c2cnccc2Cl)c1. The van der Waals surface area contributed by atoms with Crippen molar-refractivity contribution in [2.45, 2.75) is 4.90 Å². The second-order valence-electron chi connectivity index (χ2n) is 3.72. The maximum Gasteiger partial charge on any atom is 0.271 e. The Labute approximate surface area is 119 Å². The highest BCUT2D eigenvalue weighted by molar-refractivity contribution is 7.92. The van der Waals surface area contributed by atoms with Gasteiger partial charge in [-0.3, -0.25) is 19.8 Å². The third-order valence-electron chi connectivity index (χ3n) is 2.33. The minimum Gasteiger partial charge on any atom is -0.279 e. The van der Waals surface area contributed by atoms with Crippen LogP contribution in [0.2, 0.25) is 5.02 Å². The predicted octanol–water partition coefficient (Wildman–Crippen LogP) is 2.44. The van der Waals surface area contributed by atoms with Gasteiger partial charge in [-0.05, 0) is 12.1 Å². The zero-order chi connectivity index (χ0) is 14.8. The monoisotopic (exact) mass is 313 g/mol. The van der Waals surface area contributed by atoms with E-state index in [2.05, 4.69) is 9.71 Å². The number of nitrogens with one attached hydrogen (secondary N) is 1. The van der Waals surface area contributed by atoms with Gasteiger partial charge >= 0.3 is 0 Å². The van der Waals surface area contributed by atoms with Crippen molar-refractivity contribution in [3.8, 4) is 0 Å². The number of benzene rings is 1.